The Labute approximate surface area is 111 Å². The first kappa shape index (κ1) is 13.5. The number of aromatic nitrogens is 3. The second-order valence-corrected chi connectivity index (χ2v) is 4.53. The number of hydrogen-bond acceptors (Lipinski definition) is 5. The molecule has 2 rings (SSSR count). The molecule has 1 aliphatic rings. The van der Waals surface area contributed by atoms with Gasteiger partial charge in [0, 0.05) is 19.3 Å². The van der Waals surface area contributed by atoms with Crippen LogP contribution in [0.2, 0.25) is 0 Å². The van der Waals surface area contributed by atoms with Gasteiger partial charge in [-0.25, -0.2) is 4.68 Å². The molecule has 0 spiro atoms. The third-order valence-electron chi connectivity index (χ3n) is 3.16. The lowest BCUT2D eigenvalue weighted by molar-refractivity contribution is -0.151. The highest BCUT2D eigenvalue weighted by atomic mass is 16.5. The Hall–Kier alpha value is -1.92. The quantitative estimate of drug-likeness (QED) is 0.721. The largest absolute Gasteiger partial charge is 0.466 e. The van der Waals surface area contributed by atoms with Gasteiger partial charge in [0.05, 0.1) is 18.7 Å². The molecule has 1 atom stereocenters. The molecule has 1 saturated heterocycles. The molecule has 7 nitrogen and oxygen atoms in total. The predicted molar refractivity (Wildman–Crippen MR) is 66.0 cm³/mol. The Bertz CT molecular complexity index is 432. The van der Waals surface area contributed by atoms with E-state index in [4.69, 9.17) is 4.74 Å². The molecule has 19 heavy (non-hydrogen) atoms. The Balaban J connectivity index is 1.89. The zero-order valence-corrected chi connectivity index (χ0v) is 11.0. The summed E-state index contributed by atoms with van der Waals surface area (Å²) in [6, 6.07) is 0. The molecular weight excluding hydrogens is 248 g/mol. The van der Waals surface area contributed by atoms with Gasteiger partial charge < -0.3 is 9.64 Å². The second kappa shape index (κ2) is 6.31. The number of piperidine rings is 1. The molecule has 2 heterocycles. The van der Waals surface area contributed by atoms with Crippen molar-refractivity contribution >= 4 is 11.9 Å². The molecule has 1 aromatic rings. The van der Waals surface area contributed by atoms with Crippen molar-refractivity contribution in [3.05, 3.63) is 12.4 Å². The van der Waals surface area contributed by atoms with Crippen LogP contribution in [0.3, 0.4) is 0 Å². The minimum atomic E-state index is -0.208. The number of esters is 1. The molecule has 0 aromatic carbocycles. The van der Waals surface area contributed by atoms with E-state index in [1.54, 1.807) is 18.0 Å². The average Bonchev–Trinajstić information content (AvgIpc) is 2.92. The van der Waals surface area contributed by atoms with Crippen LogP contribution in [0.4, 0.5) is 0 Å². The lowest BCUT2D eigenvalue weighted by Gasteiger charge is -2.31. The molecule has 1 aromatic heterocycles. The van der Waals surface area contributed by atoms with Crippen molar-refractivity contribution in [3.63, 3.8) is 0 Å². The van der Waals surface area contributed by atoms with Crippen molar-refractivity contribution in [2.45, 2.75) is 26.3 Å². The summed E-state index contributed by atoms with van der Waals surface area (Å²) in [6.07, 6.45) is 4.79. The van der Waals surface area contributed by atoms with Gasteiger partial charge in [0.2, 0.25) is 5.91 Å². The summed E-state index contributed by atoms with van der Waals surface area (Å²) < 4.78 is 6.49. The summed E-state index contributed by atoms with van der Waals surface area (Å²) >= 11 is 0. The number of rotatable bonds is 4. The molecule has 1 fully saturated rings. The molecule has 0 bridgehead atoms. The van der Waals surface area contributed by atoms with Gasteiger partial charge in [-0.1, -0.05) is 5.21 Å². The number of ether oxygens (including phenoxy) is 1. The summed E-state index contributed by atoms with van der Waals surface area (Å²) in [5, 5.41) is 7.42. The monoisotopic (exact) mass is 266 g/mol. The van der Waals surface area contributed by atoms with Gasteiger partial charge in [-0.05, 0) is 19.8 Å². The minimum absolute atomic E-state index is 0.0421. The van der Waals surface area contributed by atoms with E-state index in [9.17, 15) is 9.59 Å². The molecule has 0 N–H and O–H groups in total. The lowest BCUT2D eigenvalue weighted by atomic mass is 9.98. The van der Waals surface area contributed by atoms with Crippen LogP contribution >= 0.6 is 0 Å². The van der Waals surface area contributed by atoms with E-state index in [0.29, 0.717) is 19.7 Å². The maximum atomic E-state index is 12.1. The van der Waals surface area contributed by atoms with Crippen molar-refractivity contribution in [2.75, 3.05) is 19.7 Å². The van der Waals surface area contributed by atoms with Crippen LogP contribution in [0, 0.1) is 5.92 Å². The van der Waals surface area contributed by atoms with Gasteiger partial charge in [-0.15, -0.1) is 5.10 Å². The van der Waals surface area contributed by atoms with Crippen molar-refractivity contribution in [2.24, 2.45) is 5.92 Å². The number of carbonyl (C=O) groups is 2. The molecule has 0 saturated carbocycles. The van der Waals surface area contributed by atoms with Gasteiger partial charge in [0.25, 0.3) is 0 Å². The zero-order chi connectivity index (χ0) is 13.7. The van der Waals surface area contributed by atoms with Crippen LogP contribution in [0.25, 0.3) is 0 Å². The number of likely N-dealkylation sites (tertiary alicyclic amines) is 1. The zero-order valence-electron chi connectivity index (χ0n) is 11.0. The topological polar surface area (TPSA) is 77.3 Å². The van der Waals surface area contributed by atoms with Gasteiger partial charge in [-0.3, -0.25) is 9.59 Å². The first-order chi connectivity index (χ1) is 9.20. The van der Waals surface area contributed by atoms with E-state index in [1.807, 2.05) is 0 Å². The van der Waals surface area contributed by atoms with Gasteiger partial charge in [0.15, 0.2) is 0 Å². The van der Waals surface area contributed by atoms with Crippen molar-refractivity contribution < 1.29 is 14.3 Å². The molecule has 0 aliphatic carbocycles. The second-order valence-electron chi connectivity index (χ2n) is 4.53. The molecule has 104 valence electrons. The summed E-state index contributed by atoms with van der Waals surface area (Å²) in [7, 11) is 0. The fourth-order valence-electron chi connectivity index (χ4n) is 2.21. The van der Waals surface area contributed by atoms with E-state index < -0.39 is 0 Å². The summed E-state index contributed by atoms with van der Waals surface area (Å²) in [5.41, 5.74) is 0. The maximum absolute atomic E-state index is 12.1. The van der Waals surface area contributed by atoms with Gasteiger partial charge in [0.1, 0.15) is 6.54 Å². The SMILES string of the molecule is CCOC(=O)[C@@H]1CCCN(C(=O)Cn2ccnn2)C1. The van der Waals surface area contributed by atoms with Crippen LogP contribution in [-0.4, -0.2) is 51.5 Å². The highest BCUT2D eigenvalue weighted by Crippen LogP contribution is 2.18. The van der Waals surface area contributed by atoms with Crippen LogP contribution in [-0.2, 0) is 20.9 Å². The highest BCUT2D eigenvalue weighted by molar-refractivity contribution is 5.78. The molecule has 1 aliphatic heterocycles. The fraction of sp³-hybridized carbons (Fsp3) is 0.667. The van der Waals surface area contributed by atoms with E-state index in [-0.39, 0.29) is 24.3 Å². The molecule has 1 amide bonds. The van der Waals surface area contributed by atoms with E-state index in [2.05, 4.69) is 10.3 Å². The summed E-state index contributed by atoms with van der Waals surface area (Å²) in [6.45, 7) is 3.45. The molecule has 0 unspecified atom stereocenters. The molecular formula is C12H18N4O3. The van der Waals surface area contributed by atoms with Crippen LogP contribution in [0.5, 0.6) is 0 Å². The van der Waals surface area contributed by atoms with Crippen molar-refractivity contribution in [1.82, 2.24) is 19.9 Å². The van der Waals surface area contributed by atoms with Crippen LogP contribution in [0.15, 0.2) is 12.4 Å². The molecule has 7 heteroatoms. The van der Waals surface area contributed by atoms with Gasteiger partial charge >= 0.3 is 5.97 Å². The number of nitrogens with zero attached hydrogens (tertiary/aromatic N) is 4. The lowest BCUT2D eigenvalue weighted by Crippen LogP contribution is -2.44. The Morgan fingerprint density at radius 1 is 1.47 bits per heavy atom. The summed E-state index contributed by atoms with van der Waals surface area (Å²) in [4.78, 5) is 25.5. The van der Waals surface area contributed by atoms with Gasteiger partial charge in [-0.2, -0.15) is 0 Å². The number of amides is 1. The normalized spacial score (nSPS) is 19.2. The predicted octanol–water partition coefficient (Wildman–Crippen LogP) is 0.0798. The standard InChI is InChI=1S/C12H18N4O3/c1-2-19-12(18)10-4-3-6-15(8-10)11(17)9-16-7-5-13-14-16/h5,7,10H,2-4,6,8-9H2,1H3/t10-/m1/s1. The number of hydrogen-bond donors (Lipinski definition) is 0. The Morgan fingerprint density at radius 2 is 2.32 bits per heavy atom. The van der Waals surface area contributed by atoms with E-state index in [0.717, 1.165) is 12.8 Å². The summed E-state index contributed by atoms with van der Waals surface area (Å²) in [5.74, 6) is -0.450. The van der Waals surface area contributed by atoms with Crippen LogP contribution in [0.1, 0.15) is 19.8 Å². The minimum Gasteiger partial charge on any atom is -0.466 e. The fourth-order valence-corrected chi connectivity index (χ4v) is 2.21. The van der Waals surface area contributed by atoms with E-state index in [1.165, 1.54) is 10.9 Å². The number of carbonyl (C=O) groups excluding carboxylic acids is 2. The first-order valence-electron chi connectivity index (χ1n) is 6.49. The maximum Gasteiger partial charge on any atom is 0.310 e. The Kier molecular flexibility index (Phi) is 4.48. The smallest absolute Gasteiger partial charge is 0.310 e. The van der Waals surface area contributed by atoms with Crippen molar-refractivity contribution in [1.29, 1.82) is 0 Å². The molecule has 0 radical (unpaired) electrons. The van der Waals surface area contributed by atoms with Crippen molar-refractivity contribution in [3.8, 4) is 0 Å². The highest BCUT2D eigenvalue weighted by Gasteiger charge is 2.29. The Morgan fingerprint density at radius 3 is 3.00 bits per heavy atom. The first-order valence-corrected chi connectivity index (χ1v) is 6.49. The average molecular weight is 266 g/mol. The van der Waals surface area contributed by atoms with E-state index >= 15 is 0 Å². The third-order valence-corrected chi connectivity index (χ3v) is 3.16. The third kappa shape index (κ3) is 3.52. The van der Waals surface area contributed by atoms with Crippen LogP contribution < -0.4 is 0 Å².